The van der Waals surface area contributed by atoms with Gasteiger partial charge < -0.3 is 25.5 Å². The normalized spacial score (nSPS) is 13.4. The highest BCUT2D eigenvalue weighted by Gasteiger charge is 2.44. The van der Waals surface area contributed by atoms with Gasteiger partial charge in [0.2, 0.25) is 11.8 Å². The Balaban J connectivity index is 1.58. The molecule has 68 heavy (non-hydrogen) atoms. The predicted molar refractivity (Wildman–Crippen MR) is 285 cm³/mol. The number of aliphatic hydroxyl groups excluding tert-OH is 1. The Morgan fingerprint density at radius 3 is 1.35 bits per heavy atom. The Bertz CT molecular complexity index is 2950. The molecule has 1 aliphatic rings. The number of aliphatic hydroxyl groups is 1. The molecule has 1 unspecified atom stereocenters. The molecule has 2 amide bonds. The molecule has 0 heterocycles. The van der Waals surface area contributed by atoms with Crippen molar-refractivity contribution in [3.05, 3.63) is 113 Å². The van der Waals surface area contributed by atoms with Crippen LogP contribution >= 0.6 is 0 Å². The number of unbranched alkanes of at least 4 members (excludes halogenated alkanes) is 8. The van der Waals surface area contributed by atoms with Crippen molar-refractivity contribution in [2.75, 3.05) is 46.6 Å². The number of anilines is 4. The minimum atomic E-state index is -0.965. The van der Waals surface area contributed by atoms with Crippen LogP contribution in [0.3, 0.4) is 0 Å². The third-order valence-electron chi connectivity index (χ3n) is 13.6. The highest BCUT2D eigenvalue weighted by molar-refractivity contribution is 6.17. The summed E-state index contributed by atoms with van der Waals surface area (Å²) in [4.78, 5) is 31.5. The molecule has 0 radical (unpaired) electrons. The minimum absolute atomic E-state index is 0.0453. The van der Waals surface area contributed by atoms with Gasteiger partial charge in [-0.3, -0.25) is 9.59 Å². The molecule has 1 atom stereocenters. The summed E-state index contributed by atoms with van der Waals surface area (Å²) in [6.45, 7) is 15.1. The van der Waals surface area contributed by atoms with Crippen molar-refractivity contribution in [1.82, 2.24) is 0 Å². The van der Waals surface area contributed by atoms with Gasteiger partial charge in [0.25, 0.3) is 0 Å². The van der Waals surface area contributed by atoms with Crippen LogP contribution in [-0.2, 0) is 9.59 Å². The average molecular weight is 909 g/mol. The van der Waals surface area contributed by atoms with Gasteiger partial charge in [0, 0.05) is 84.6 Å². The predicted octanol–water partition coefficient (Wildman–Crippen LogP) is 15.0. The van der Waals surface area contributed by atoms with Crippen LogP contribution in [0.2, 0.25) is 0 Å². The van der Waals surface area contributed by atoms with Gasteiger partial charge in [0.1, 0.15) is 23.5 Å². The molecular weight excluding hydrogens is 841 g/mol. The molecule has 6 aromatic rings. The molecule has 9 nitrogen and oxygen atoms in total. The van der Waals surface area contributed by atoms with Crippen LogP contribution in [0.5, 0.6) is 0 Å². The molecule has 6 aromatic carbocycles. The molecule has 0 saturated carbocycles. The van der Waals surface area contributed by atoms with Gasteiger partial charge in [-0.05, 0) is 100.0 Å². The molecule has 3 N–H and O–H groups in total. The van der Waals surface area contributed by atoms with Crippen molar-refractivity contribution in [3.63, 3.8) is 0 Å². The van der Waals surface area contributed by atoms with Gasteiger partial charge in [-0.25, -0.2) is 0 Å². The number of nitrogens with one attached hydrogen (secondary N) is 2. The number of hydrogen-bond acceptors (Lipinski definition) is 7. The van der Waals surface area contributed by atoms with E-state index in [2.05, 4.69) is 109 Å². The zero-order chi connectivity index (χ0) is 48.3. The lowest BCUT2D eigenvalue weighted by Crippen LogP contribution is -2.28. The van der Waals surface area contributed by atoms with Crippen molar-refractivity contribution < 1.29 is 14.7 Å². The number of nitrogens with zero attached hydrogens (tertiary/aromatic N) is 4. The number of hydrogen-bond donors (Lipinski definition) is 3. The van der Waals surface area contributed by atoms with E-state index in [1.165, 1.54) is 13.8 Å². The number of nitriles is 2. The summed E-state index contributed by atoms with van der Waals surface area (Å²) in [5, 5.41) is 48.7. The molecule has 0 fully saturated rings. The first-order valence-electron chi connectivity index (χ1n) is 25.1. The largest absolute Gasteiger partial charge is 0.511 e. The molecule has 0 bridgehead atoms. The van der Waals surface area contributed by atoms with E-state index < -0.39 is 5.92 Å². The summed E-state index contributed by atoms with van der Waals surface area (Å²) in [5.41, 5.74) is 4.66. The van der Waals surface area contributed by atoms with Gasteiger partial charge in [-0.1, -0.05) is 128 Å². The van der Waals surface area contributed by atoms with Crippen LogP contribution in [-0.4, -0.2) is 43.1 Å². The topological polar surface area (TPSA) is 132 Å². The molecule has 352 valence electrons. The fourth-order valence-corrected chi connectivity index (χ4v) is 10.2. The molecule has 0 aromatic heterocycles. The van der Waals surface area contributed by atoms with E-state index >= 15 is 0 Å². The quantitative estimate of drug-likeness (QED) is 0.0351. The number of carbonyl (C=O) groups excluding carboxylic acids is 2. The van der Waals surface area contributed by atoms with Gasteiger partial charge >= 0.3 is 0 Å². The molecule has 0 spiro atoms. The number of amides is 2. The van der Waals surface area contributed by atoms with Crippen LogP contribution in [0.1, 0.15) is 136 Å². The SMILES string of the molecule is CCCCCN(CCCCC)c1cc(NC(C)=O)c(C2=C(O)C(c3c(NC(C)=O)cc(N(CCCCC)CCCCC)c4cc5ccccc5cc34)C2=C(C#N)C#N)c2cc3ccccc3cc12. The van der Waals surface area contributed by atoms with Crippen LogP contribution in [0.15, 0.2) is 102 Å². The van der Waals surface area contributed by atoms with Crippen molar-refractivity contribution >= 4 is 83.2 Å². The molecule has 7 rings (SSSR count). The Labute approximate surface area is 403 Å². The number of allylic oxidation sites excluding steroid dienone is 3. The molecule has 9 heteroatoms. The van der Waals surface area contributed by atoms with Crippen LogP contribution in [0.4, 0.5) is 22.7 Å². The fourth-order valence-electron chi connectivity index (χ4n) is 10.2. The van der Waals surface area contributed by atoms with E-state index in [4.69, 9.17) is 0 Å². The summed E-state index contributed by atoms with van der Waals surface area (Å²) >= 11 is 0. The highest BCUT2D eigenvalue weighted by Crippen LogP contribution is 2.59. The van der Waals surface area contributed by atoms with Gasteiger partial charge in [-0.2, -0.15) is 10.5 Å². The van der Waals surface area contributed by atoms with Crippen molar-refractivity contribution in [2.24, 2.45) is 0 Å². The van der Waals surface area contributed by atoms with Gasteiger partial charge in [0.05, 0.1) is 11.6 Å². The number of fused-ring (bicyclic) bond motifs is 4. The monoisotopic (exact) mass is 909 g/mol. The summed E-state index contributed by atoms with van der Waals surface area (Å²) < 4.78 is 0. The zero-order valence-electron chi connectivity index (χ0n) is 41.0. The zero-order valence-corrected chi connectivity index (χ0v) is 41.0. The maximum Gasteiger partial charge on any atom is 0.221 e. The third kappa shape index (κ3) is 10.3. The second-order valence-corrected chi connectivity index (χ2v) is 18.5. The van der Waals surface area contributed by atoms with E-state index in [0.29, 0.717) is 33.6 Å². The summed E-state index contributed by atoms with van der Waals surface area (Å²) in [6, 6.07) is 33.5. The average Bonchev–Trinajstić information content (AvgIpc) is 3.33. The van der Waals surface area contributed by atoms with Crippen LogP contribution in [0, 0.1) is 22.7 Å². The number of carbonyl (C=O) groups is 2. The molecule has 1 aliphatic carbocycles. The van der Waals surface area contributed by atoms with Crippen molar-refractivity contribution in [2.45, 2.75) is 125 Å². The Kier molecular flexibility index (Phi) is 16.4. The van der Waals surface area contributed by atoms with E-state index in [1.54, 1.807) is 0 Å². The lowest BCUT2D eigenvalue weighted by atomic mass is 9.67. The summed E-state index contributed by atoms with van der Waals surface area (Å²) in [5.74, 6) is -1.57. The minimum Gasteiger partial charge on any atom is -0.511 e. The third-order valence-corrected chi connectivity index (χ3v) is 13.6. The first kappa shape index (κ1) is 49.1. The molecule has 0 saturated heterocycles. The summed E-state index contributed by atoms with van der Waals surface area (Å²) in [7, 11) is 0. The fraction of sp³-hybridized carbons (Fsp3) is 0.390. The van der Waals surface area contributed by atoms with Gasteiger partial charge in [-0.15, -0.1) is 0 Å². The number of benzene rings is 6. The Hall–Kier alpha value is -6.84. The van der Waals surface area contributed by atoms with E-state index in [9.17, 15) is 25.2 Å². The highest BCUT2D eigenvalue weighted by atomic mass is 16.3. The van der Waals surface area contributed by atoms with Crippen LogP contribution < -0.4 is 20.4 Å². The maximum atomic E-state index is 13.3. The second-order valence-electron chi connectivity index (χ2n) is 18.5. The van der Waals surface area contributed by atoms with E-state index in [-0.39, 0.29) is 23.1 Å². The van der Waals surface area contributed by atoms with E-state index in [0.717, 1.165) is 158 Å². The van der Waals surface area contributed by atoms with Crippen LogP contribution in [0.25, 0.3) is 48.7 Å². The summed E-state index contributed by atoms with van der Waals surface area (Å²) in [6.07, 6.45) is 12.7. The Morgan fingerprint density at radius 1 is 0.559 bits per heavy atom. The lowest BCUT2D eigenvalue weighted by Gasteiger charge is -2.38. The maximum absolute atomic E-state index is 13.3. The smallest absolute Gasteiger partial charge is 0.221 e. The number of rotatable bonds is 22. The van der Waals surface area contributed by atoms with Crippen molar-refractivity contribution in [3.8, 4) is 12.1 Å². The van der Waals surface area contributed by atoms with Crippen molar-refractivity contribution in [1.29, 1.82) is 10.5 Å². The first-order valence-corrected chi connectivity index (χ1v) is 25.1. The lowest BCUT2D eigenvalue weighted by molar-refractivity contribution is -0.115. The van der Waals surface area contributed by atoms with E-state index in [1.807, 2.05) is 36.4 Å². The molecular formula is C59H68N6O3. The van der Waals surface area contributed by atoms with Gasteiger partial charge in [0.15, 0.2) is 0 Å². The first-order chi connectivity index (χ1) is 33.1. The standard InChI is InChI=1S/C59H68N6O3/c1-7-11-19-27-64(28-20-12-8-2)52-35-50(62-39(5)66)55(48-33-43-25-17-15-23-41(43)31-46(48)52)57-54(45(37-60)38-61)58(59(57)68)56-49-34-44-26-18-16-24-42(44)32-47(49)53(36-51(56)63-40(6)67)65(29-21-13-9-3)30-22-14-10-4/h15-18,23-26,31-36,57,68H,7-14,19-22,27-30H2,1-6H3,(H,62,66)(H,63,67). The Morgan fingerprint density at radius 2 is 0.941 bits per heavy atom. The second kappa shape index (κ2) is 22.8. The molecule has 0 aliphatic heterocycles.